The van der Waals surface area contributed by atoms with Crippen molar-refractivity contribution in [3.63, 3.8) is 0 Å². The van der Waals surface area contributed by atoms with Crippen LogP contribution in [0.3, 0.4) is 0 Å². The third kappa shape index (κ3) is 2.76. The third-order valence-electron chi connectivity index (χ3n) is 3.39. The topological polar surface area (TPSA) is 99.2 Å². The Morgan fingerprint density at radius 1 is 1.18 bits per heavy atom. The molecule has 2 aliphatic rings. The summed E-state index contributed by atoms with van der Waals surface area (Å²) in [5.74, 6) is 1.93. The third-order valence-corrected chi connectivity index (χ3v) is 4.33. The summed E-state index contributed by atoms with van der Waals surface area (Å²) in [7, 11) is 0. The Bertz CT molecular complexity index is 252. The number of nitrogens with two attached hydrogens (primary N) is 1. The molecule has 2 saturated heterocycles. The molecule has 2 heterocycles. The number of rotatable bonds is 2. The molecule has 4 unspecified atom stereocenters. The second-order valence-corrected chi connectivity index (χ2v) is 5.65. The van der Waals surface area contributed by atoms with Crippen molar-refractivity contribution in [2.75, 3.05) is 31.1 Å². The summed E-state index contributed by atoms with van der Waals surface area (Å²) in [6, 6.07) is -0.561. The Morgan fingerprint density at radius 3 is 2.41 bits per heavy atom. The first-order valence-electron chi connectivity index (χ1n) is 5.86. The van der Waals surface area contributed by atoms with Gasteiger partial charge in [-0.25, -0.2) is 0 Å². The lowest BCUT2D eigenvalue weighted by atomic mass is 9.95. The molecular formula is C10H20N2O4S. The molecule has 0 aliphatic carbocycles. The molecule has 0 radical (unpaired) electrons. The van der Waals surface area contributed by atoms with Crippen molar-refractivity contribution in [3.8, 4) is 0 Å². The van der Waals surface area contributed by atoms with Crippen LogP contribution < -0.4 is 5.73 Å². The van der Waals surface area contributed by atoms with Gasteiger partial charge in [-0.3, -0.25) is 4.90 Å². The summed E-state index contributed by atoms with van der Waals surface area (Å²) in [6.07, 6.45) is -3.85. The van der Waals surface area contributed by atoms with E-state index in [0.29, 0.717) is 0 Å². The van der Waals surface area contributed by atoms with E-state index in [2.05, 4.69) is 0 Å². The molecule has 0 bridgehead atoms. The molecule has 2 fully saturated rings. The fourth-order valence-electron chi connectivity index (χ4n) is 2.40. The quantitative estimate of drug-likeness (QED) is 0.449. The van der Waals surface area contributed by atoms with Gasteiger partial charge in [-0.05, 0) is 0 Å². The highest BCUT2D eigenvalue weighted by Crippen LogP contribution is 2.25. The van der Waals surface area contributed by atoms with Crippen LogP contribution >= 0.6 is 11.8 Å². The second kappa shape index (κ2) is 5.83. The molecule has 0 saturated carbocycles. The van der Waals surface area contributed by atoms with Gasteiger partial charge in [0.1, 0.15) is 18.3 Å². The Morgan fingerprint density at radius 2 is 1.82 bits per heavy atom. The SMILES string of the molecule is NCC1OC(O)C(N2CCSCC2)C(O)[C@H]1O. The van der Waals surface area contributed by atoms with Crippen molar-refractivity contribution < 1.29 is 20.1 Å². The maximum absolute atomic E-state index is 10.1. The summed E-state index contributed by atoms with van der Waals surface area (Å²) in [5.41, 5.74) is 5.42. The first-order valence-corrected chi connectivity index (χ1v) is 7.02. The van der Waals surface area contributed by atoms with E-state index < -0.39 is 30.6 Å². The molecule has 6 nitrogen and oxygen atoms in total. The van der Waals surface area contributed by atoms with Crippen LogP contribution in [0.4, 0.5) is 0 Å². The standard InChI is InChI=1S/C10H20N2O4S/c11-5-6-8(13)9(14)7(10(15)16-6)12-1-3-17-4-2-12/h6-10,13-15H,1-5,11H2/t6?,7?,8-,9?,10?/m0/s1. The molecule has 0 aromatic carbocycles. The molecule has 0 amide bonds. The van der Waals surface area contributed by atoms with Gasteiger partial charge < -0.3 is 25.8 Å². The fourth-order valence-corrected chi connectivity index (χ4v) is 3.33. The molecular weight excluding hydrogens is 244 g/mol. The van der Waals surface area contributed by atoms with Crippen molar-refractivity contribution in [1.82, 2.24) is 4.90 Å². The fraction of sp³-hybridized carbons (Fsp3) is 1.00. The minimum atomic E-state index is -1.09. The molecule has 0 aromatic rings. The minimum Gasteiger partial charge on any atom is -0.388 e. The number of thioether (sulfide) groups is 1. The number of ether oxygens (including phenoxy) is 1. The van der Waals surface area contributed by atoms with Crippen LogP contribution in [0, 0.1) is 0 Å². The Kier molecular flexibility index (Phi) is 4.65. The minimum absolute atomic E-state index is 0.0812. The first-order chi connectivity index (χ1) is 8.15. The molecule has 5 atom stereocenters. The van der Waals surface area contributed by atoms with Crippen molar-refractivity contribution in [2.45, 2.75) is 30.6 Å². The Labute approximate surface area is 105 Å². The number of hydrogen-bond acceptors (Lipinski definition) is 7. The smallest absolute Gasteiger partial charge is 0.173 e. The van der Waals surface area contributed by atoms with E-state index in [0.717, 1.165) is 24.6 Å². The van der Waals surface area contributed by atoms with Crippen molar-refractivity contribution in [1.29, 1.82) is 0 Å². The van der Waals surface area contributed by atoms with Crippen LogP contribution in [-0.2, 0) is 4.74 Å². The maximum atomic E-state index is 10.1. The Balaban J connectivity index is 2.05. The molecule has 0 spiro atoms. The van der Waals surface area contributed by atoms with Crippen molar-refractivity contribution in [2.24, 2.45) is 5.73 Å². The van der Waals surface area contributed by atoms with Gasteiger partial charge >= 0.3 is 0 Å². The average Bonchev–Trinajstić information content (AvgIpc) is 2.35. The van der Waals surface area contributed by atoms with Gasteiger partial charge in [0, 0.05) is 31.1 Å². The van der Waals surface area contributed by atoms with Gasteiger partial charge in [-0.15, -0.1) is 0 Å². The van der Waals surface area contributed by atoms with Gasteiger partial charge in [0.15, 0.2) is 6.29 Å². The zero-order valence-corrected chi connectivity index (χ0v) is 10.4. The van der Waals surface area contributed by atoms with E-state index in [1.54, 1.807) is 0 Å². The summed E-state index contributed by atoms with van der Waals surface area (Å²) >= 11 is 1.84. The van der Waals surface area contributed by atoms with Crippen LogP contribution in [0.25, 0.3) is 0 Å². The number of hydrogen-bond donors (Lipinski definition) is 4. The summed E-state index contributed by atoms with van der Waals surface area (Å²) in [5, 5.41) is 29.8. The monoisotopic (exact) mass is 264 g/mol. The van der Waals surface area contributed by atoms with Crippen LogP contribution in [0.2, 0.25) is 0 Å². The van der Waals surface area contributed by atoms with E-state index in [4.69, 9.17) is 10.5 Å². The molecule has 0 aromatic heterocycles. The molecule has 2 rings (SSSR count). The zero-order chi connectivity index (χ0) is 12.4. The lowest BCUT2D eigenvalue weighted by molar-refractivity contribution is -0.263. The maximum Gasteiger partial charge on any atom is 0.173 e. The van der Waals surface area contributed by atoms with Gasteiger partial charge in [-0.1, -0.05) is 0 Å². The lowest BCUT2D eigenvalue weighted by Gasteiger charge is -2.46. The molecule has 17 heavy (non-hydrogen) atoms. The molecule has 5 N–H and O–H groups in total. The number of aliphatic hydroxyl groups excluding tert-OH is 3. The van der Waals surface area contributed by atoms with Crippen LogP contribution in [0.15, 0.2) is 0 Å². The molecule has 2 aliphatic heterocycles. The lowest BCUT2D eigenvalue weighted by Crippen LogP contribution is -2.65. The van der Waals surface area contributed by atoms with E-state index >= 15 is 0 Å². The summed E-state index contributed by atoms with van der Waals surface area (Å²) in [6.45, 7) is 1.65. The van der Waals surface area contributed by atoms with Crippen molar-refractivity contribution in [3.05, 3.63) is 0 Å². The van der Waals surface area contributed by atoms with Gasteiger partial charge in [0.2, 0.25) is 0 Å². The van der Waals surface area contributed by atoms with E-state index in [-0.39, 0.29) is 6.54 Å². The Hall–Kier alpha value is 0.110. The second-order valence-electron chi connectivity index (χ2n) is 4.42. The summed E-state index contributed by atoms with van der Waals surface area (Å²) in [4.78, 5) is 1.97. The number of nitrogens with zero attached hydrogens (tertiary/aromatic N) is 1. The van der Waals surface area contributed by atoms with Crippen LogP contribution in [0.1, 0.15) is 0 Å². The number of aliphatic hydroxyl groups is 3. The highest BCUT2D eigenvalue weighted by atomic mass is 32.2. The normalized spacial score (nSPS) is 44.8. The molecule has 7 heteroatoms. The first kappa shape index (κ1) is 13.5. The average molecular weight is 264 g/mol. The van der Waals surface area contributed by atoms with Gasteiger partial charge in [-0.2, -0.15) is 11.8 Å². The van der Waals surface area contributed by atoms with Crippen molar-refractivity contribution >= 4 is 11.8 Å². The highest BCUT2D eigenvalue weighted by molar-refractivity contribution is 7.99. The predicted molar refractivity (Wildman–Crippen MR) is 64.6 cm³/mol. The van der Waals surface area contributed by atoms with E-state index in [9.17, 15) is 15.3 Å². The summed E-state index contributed by atoms with van der Waals surface area (Å²) < 4.78 is 5.26. The predicted octanol–water partition coefficient (Wildman–Crippen LogP) is -2.20. The van der Waals surface area contributed by atoms with E-state index in [1.165, 1.54) is 0 Å². The zero-order valence-electron chi connectivity index (χ0n) is 9.60. The van der Waals surface area contributed by atoms with E-state index in [1.807, 2.05) is 16.7 Å². The highest BCUT2D eigenvalue weighted by Gasteiger charge is 2.45. The van der Waals surface area contributed by atoms with Crippen LogP contribution in [-0.4, -0.2) is 82.0 Å². The van der Waals surface area contributed by atoms with Crippen LogP contribution in [0.5, 0.6) is 0 Å². The largest absolute Gasteiger partial charge is 0.388 e. The van der Waals surface area contributed by atoms with Gasteiger partial charge in [0.05, 0.1) is 6.04 Å². The molecule has 100 valence electrons. The van der Waals surface area contributed by atoms with Gasteiger partial charge in [0.25, 0.3) is 0 Å².